The molecule has 0 aromatic heterocycles. The molecule has 0 unspecified atom stereocenters. The molecular formula is C23H32O2. The molecular weight excluding hydrogens is 308 g/mol. The summed E-state index contributed by atoms with van der Waals surface area (Å²) in [5.41, 5.74) is 6.64. The van der Waals surface area contributed by atoms with Gasteiger partial charge in [-0.15, -0.1) is 0 Å². The number of phenolic OH excluding ortho intramolecular Hbond substituents is 2. The van der Waals surface area contributed by atoms with Gasteiger partial charge >= 0.3 is 0 Å². The molecule has 0 spiro atoms. The summed E-state index contributed by atoms with van der Waals surface area (Å²) < 4.78 is 0. The number of rotatable bonds is 7. The van der Waals surface area contributed by atoms with E-state index >= 15 is 0 Å². The first kappa shape index (κ1) is 19.4. The molecule has 0 aliphatic heterocycles. The predicted molar refractivity (Wildman–Crippen MR) is 106 cm³/mol. The highest BCUT2D eigenvalue weighted by Crippen LogP contribution is 2.37. The zero-order valence-electron chi connectivity index (χ0n) is 16.3. The Labute approximate surface area is 152 Å². The second-order valence-electron chi connectivity index (χ2n) is 6.75. The summed E-state index contributed by atoms with van der Waals surface area (Å²) in [7, 11) is 0. The SMILES string of the molecule is CCc1cc(C(CC)c2cc(CC)c(O)c(CC)c2)cc(CC)c1O. The van der Waals surface area contributed by atoms with Crippen LogP contribution in [0.3, 0.4) is 0 Å². The highest BCUT2D eigenvalue weighted by molar-refractivity contribution is 5.50. The van der Waals surface area contributed by atoms with Crippen molar-refractivity contribution in [2.45, 2.75) is 72.6 Å². The normalized spacial score (nSPS) is 11.3. The minimum Gasteiger partial charge on any atom is -0.507 e. The first-order valence-electron chi connectivity index (χ1n) is 9.69. The Hall–Kier alpha value is -1.96. The molecule has 0 aliphatic rings. The standard InChI is InChI=1S/C23H32O2/c1-6-15-11-19(12-16(7-2)22(15)24)21(10-5)20-13-17(8-3)23(25)18(9-4)14-20/h11-14,21,24-25H,6-10H2,1-5H3. The molecule has 2 aromatic carbocycles. The number of phenols is 2. The molecule has 0 saturated heterocycles. The highest BCUT2D eigenvalue weighted by Gasteiger charge is 2.19. The van der Waals surface area contributed by atoms with Gasteiger partial charge in [0.1, 0.15) is 11.5 Å². The molecule has 0 saturated carbocycles. The van der Waals surface area contributed by atoms with Crippen LogP contribution in [0.1, 0.15) is 80.3 Å². The van der Waals surface area contributed by atoms with Crippen molar-refractivity contribution in [3.63, 3.8) is 0 Å². The number of hydrogen-bond donors (Lipinski definition) is 2. The van der Waals surface area contributed by atoms with Crippen LogP contribution < -0.4 is 0 Å². The number of hydrogen-bond acceptors (Lipinski definition) is 2. The fraction of sp³-hybridized carbons (Fsp3) is 0.478. The van der Waals surface area contributed by atoms with Crippen molar-refractivity contribution in [3.05, 3.63) is 57.6 Å². The zero-order valence-corrected chi connectivity index (χ0v) is 16.3. The van der Waals surface area contributed by atoms with Gasteiger partial charge in [0.25, 0.3) is 0 Å². The maximum absolute atomic E-state index is 10.4. The van der Waals surface area contributed by atoms with Gasteiger partial charge in [0, 0.05) is 5.92 Å². The molecule has 0 heterocycles. The Bertz CT molecular complexity index is 619. The summed E-state index contributed by atoms with van der Waals surface area (Å²) >= 11 is 0. The van der Waals surface area contributed by atoms with Gasteiger partial charge < -0.3 is 10.2 Å². The first-order valence-corrected chi connectivity index (χ1v) is 9.69. The molecule has 2 rings (SSSR count). The Balaban J connectivity index is 2.61. The fourth-order valence-corrected chi connectivity index (χ4v) is 3.72. The maximum Gasteiger partial charge on any atom is 0.121 e. The first-order chi connectivity index (χ1) is 12.0. The van der Waals surface area contributed by atoms with Crippen molar-refractivity contribution >= 4 is 0 Å². The van der Waals surface area contributed by atoms with Crippen LogP contribution in [0, 0.1) is 0 Å². The molecule has 2 aromatic rings. The van der Waals surface area contributed by atoms with Crippen molar-refractivity contribution in [2.24, 2.45) is 0 Å². The molecule has 0 radical (unpaired) electrons. The lowest BCUT2D eigenvalue weighted by atomic mass is 9.84. The van der Waals surface area contributed by atoms with Crippen molar-refractivity contribution in [3.8, 4) is 11.5 Å². The van der Waals surface area contributed by atoms with Crippen LogP contribution in [-0.4, -0.2) is 10.2 Å². The molecule has 0 atom stereocenters. The Morgan fingerprint density at radius 3 is 1.08 bits per heavy atom. The summed E-state index contributed by atoms with van der Waals surface area (Å²) in [4.78, 5) is 0. The molecule has 25 heavy (non-hydrogen) atoms. The average Bonchev–Trinajstić information content (AvgIpc) is 2.64. The van der Waals surface area contributed by atoms with E-state index in [1.54, 1.807) is 0 Å². The summed E-state index contributed by atoms with van der Waals surface area (Å²) in [6, 6.07) is 8.64. The lowest BCUT2D eigenvalue weighted by molar-refractivity contribution is 0.461. The number of aryl methyl sites for hydroxylation is 4. The van der Waals surface area contributed by atoms with Gasteiger partial charge in [-0.1, -0.05) is 58.9 Å². The highest BCUT2D eigenvalue weighted by atomic mass is 16.3. The summed E-state index contributed by atoms with van der Waals surface area (Å²) in [6.45, 7) is 10.6. The van der Waals surface area contributed by atoms with Crippen LogP contribution in [-0.2, 0) is 25.7 Å². The molecule has 2 N–H and O–H groups in total. The Morgan fingerprint density at radius 2 is 0.880 bits per heavy atom. The largest absolute Gasteiger partial charge is 0.507 e. The van der Waals surface area contributed by atoms with E-state index in [9.17, 15) is 10.2 Å². The summed E-state index contributed by atoms with van der Waals surface area (Å²) in [5, 5.41) is 20.8. The van der Waals surface area contributed by atoms with Gasteiger partial charge in [0.2, 0.25) is 0 Å². The number of aromatic hydroxyl groups is 2. The van der Waals surface area contributed by atoms with Crippen molar-refractivity contribution in [2.75, 3.05) is 0 Å². The van der Waals surface area contributed by atoms with Crippen LogP contribution in [0.4, 0.5) is 0 Å². The van der Waals surface area contributed by atoms with Crippen molar-refractivity contribution in [1.29, 1.82) is 0 Å². The van der Waals surface area contributed by atoms with E-state index in [-0.39, 0.29) is 5.92 Å². The van der Waals surface area contributed by atoms with Crippen LogP contribution >= 0.6 is 0 Å². The maximum atomic E-state index is 10.4. The van der Waals surface area contributed by atoms with E-state index in [0.29, 0.717) is 11.5 Å². The van der Waals surface area contributed by atoms with Crippen molar-refractivity contribution < 1.29 is 10.2 Å². The van der Waals surface area contributed by atoms with Gasteiger partial charge in [-0.05, 0) is 65.5 Å². The van der Waals surface area contributed by atoms with Gasteiger partial charge in [-0.2, -0.15) is 0 Å². The van der Waals surface area contributed by atoms with E-state index < -0.39 is 0 Å². The third-order valence-corrected chi connectivity index (χ3v) is 5.32. The molecule has 2 nitrogen and oxygen atoms in total. The van der Waals surface area contributed by atoms with Gasteiger partial charge in [-0.25, -0.2) is 0 Å². The quantitative estimate of drug-likeness (QED) is 0.660. The van der Waals surface area contributed by atoms with Crippen LogP contribution in [0.2, 0.25) is 0 Å². The molecule has 0 fully saturated rings. The Morgan fingerprint density at radius 1 is 0.600 bits per heavy atom. The van der Waals surface area contributed by atoms with Crippen LogP contribution in [0.25, 0.3) is 0 Å². The molecule has 2 heteroatoms. The second-order valence-corrected chi connectivity index (χ2v) is 6.75. The van der Waals surface area contributed by atoms with Crippen LogP contribution in [0.5, 0.6) is 11.5 Å². The lowest BCUT2D eigenvalue weighted by Gasteiger charge is -2.21. The number of benzene rings is 2. The molecule has 136 valence electrons. The summed E-state index contributed by atoms with van der Waals surface area (Å²) in [6.07, 6.45) is 4.32. The second kappa shape index (κ2) is 8.42. The van der Waals surface area contributed by atoms with E-state index in [0.717, 1.165) is 54.4 Å². The predicted octanol–water partition coefficient (Wildman–Crippen LogP) is 5.89. The fourth-order valence-electron chi connectivity index (χ4n) is 3.72. The van der Waals surface area contributed by atoms with E-state index in [1.165, 1.54) is 11.1 Å². The van der Waals surface area contributed by atoms with E-state index in [1.807, 2.05) is 0 Å². The monoisotopic (exact) mass is 340 g/mol. The Kier molecular flexibility index (Phi) is 6.52. The van der Waals surface area contributed by atoms with E-state index in [4.69, 9.17) is 0 Å². The van der Waals surface area contributed by atoms with Gasteiger partial charge in [0.05, 0.1) is 0 Å². The third-order valence-electron chi connectivity index (χ3n) is 5.32. The molecule has 0 aliphatic carbocycles. The topological polar surface area (TPSA) is 40.5 Å². The van der Waals surface area contributed by atoms with Crippen molar-refractivity contribution in [1.82, 2.24) is 0 Å². The molecule has 0 bridgehead atoms. The zero-order chi connectivity index (χ0) is 18.6. The minimum atomic E-state index is 0.285. The molecule has 0 amide bonds. The van der Waals surface area contributed by atoms with Gasteiger partial charge in [0.15, 0.2) is 0 Å². The van der Waals surface area contributed by atoms with Crippen LogP contribution in [0.15, 0.2) is 24.3 Å². The van der Waals surface area contributed by atoms with E-state index in [2.05, 4.69) is 58.9 Å². The summed E-state index contributed by atoms with van der Waals surface area (Å²) in [5.74, 6) is 1.20. The van der Waals surface area contributed by atoms with Gasteiger partial charge in [-0.3, -0.25) is 0 Å². The average molecular weight is 341 g/mol. The smallest absolute Gasteiger partial charge is 0.121 e. The lowest BCUT2D eigenvalue weighted by Crippen LogP contribution is -2.05. The minimum absolute atomic E-state index is 0.285. The third kappa shape index (κ3) is 3.84.